The van der Waals surface area contributed by atoms with E-state index in [9.17, 15) is 23.1 Å². The van der Waals surface area contributed by atoms with Crippen molar-refractivity contribution >= 4 is 29.0 Å². The van der Waals surface area contributed by atoms with E-state index in [0.29, 0.717) is 16.6 Å². The molecule has 0 aliphatic carbocycles. The number of para-hydroxylation sites is 1. The van der Waals surface area contributed by atoms with Gasteiger partial charge in [0.2, 0.25) is 0 Å². The van der Waals surface area contributed by atoms with Gasteiger partial charge in [0.05, 0.1) is 5.56 Å². The average molecular weight is 421 g/mol. The van der Waals surface area contributed by atoms with Gasteiger partial charge in [-0.1, -0.05) is 72.8 Å². The summed E-state index contributed by atoms with van der Waals surface area (Å²) in [6.45, 7) is 0.00520. The zero-order valence-corrected chi connectivity index (χ0v) is 16.3. The maximum Gasteiger partial charge on any atom is 0.416 e. The fourth-order valence-corrected chi connectivity index (χ4v) is 3.67. The summed E-state index contributed by atoms with van der Waals surface area (Å²) in [6.07, 6.45) is -0.902. The van der Waals surface area contributed by atoms with Crippen LogP contribution in [0.5, 0.6) is 0 Å². The zero-order chi connectivity index (χ0) is 22.0. The minimum atomic E-state index is -4.46. The Labute approximate surface area is 176 Å². The average Bonchev–Trinajstić information content (AvgIpc) is 3.06. The summed E-state index contributed by atoms with van der Waals surface area (Å²) in [5.41, 5.74) is 1.71. The number of fused-ring (bicyclic) bond motifs is 1. The molecule has 0 bridgehead atoms. The summed E-state index contributed by atoms with van der Waals surface area (Å²) in [5.74, 6) is -1.14. The molecule has 1 aromatic heterocycles. The molecule has 0 aliphatic rings. The van der Waals surface area contributed by atoms with Crippen LogP contribution in [0.4, 0.5) is 13.2 Å². The van der Waals surface area contributed by atoms with Crippen molar-refractivity contribution in [1.29, 1.82) is 0 Å². The van der Waals surface area contributed by atoms with Gasteiger partial charge in [0.25, 0.3) is 0 Å². The van der Waals surface area contributed by atoms with Crippen molar-refractivity contribution in [2.24, 2.45) is 0 Å². The number of hydrogen-bond acceptors (Lipinski definition) is 1. The molecule has 0 saturated heterocycles. The molecule has 0 fully saturated rings. The number of carbonyl (C=O) groups is 1. The summed E-state index contributed by atoms with van der Waals surface area (Å²) < 4.78 is 40.9. The van der Waals surface area contributed by atoms with Crippen molar-refractivity contribution in [1.82, 2.24) is 4.57 Å². The lowest BCUT2D eigenvalue weighted by atomic mass is 10.1. The topological polar surface area (TPSA) is 42.2 Å². The third kappa shape index (κ3) is 4.23. The van der Waals surface area contributed by atoms with E-state index in [1.807, 2.05) is 48.5 Å². The first-order valence-electron chi connectivity index (χ1n) is 9.58. The number of rotatable bonds is 5. The van der Waals surface area contributed by atoms with Gasteiger partial charge in [-0.25, -0.2) is 4.79 Å². The number of aromatic carboxylic acids is 1. The predicted octanol–water partition coefficient (Wildman–Crippen LogP) is 6.58. The van der Waals surface area contributed by atoms with E-state index in [0.717, 1.165) is 23.1 Å². The van der Waals surface area contributed by atoms with Crippen LogP contribution in [0.1, 0.15) is 32.7 Å². The van der Waals surface area contributed by atoms with E-state index in [1.54, 1.807) is 28.8 Å². The van der Waals surface area contributed by atoms with Crippen molar-refractivity contribution in [2.75, 3.05) is 0 Å². The van der Waals surface area contributed by atoms with Crippen LogP contribution in [0.15, 0.2) is 78.9 Å². The maximum absolute atomic E-state index is 13.1. The number of benzene rings is 3. The second-order valence-corrected chi connectivity index (χ2v) is 7.11. The second kappa shape index (κ2) is 8.14. The molecule has 156 valence electrons. The lowest BCUT2D eigenvalue weighted by molar-refractivity contribution is -0.137. The molecule has 0 amide bonds. The molecule has 0 spiro atoms. The monoisotopic (exact) mass is 421 g/mol. The molecule has 6 heteroatoms. The number of halogens is 3. The van der Waals surface area contributed by atoms with Crippen LogP contribution >= 0.6 is 0 Å². The molecule has 3 aromatic carbocycles. The Hall–Kier alpha value is -3.80. The lowest BCUT2D eigenvalue weighted by Gasteiger charge is -2.12. The number of nitrogens with zero attached hydrogens (tertiary/aromatic N) is 1. The molecule has 3 nitrogen and oxygen atoms in total. The van der Waals surface area contributed by atoms with Crippen LogP contribution in [-0.2, 0) is 12.7 Å². The van der Waals surface area contributed by atoms with E-state index in [2.05, 4.69) is 0 Å². The van der Waals surface area contributed by atoms with Gasteiger partial charge >= 0.3 is 12.1 Å². The Morgan fingerprint density at radius 2 is 1.61 bits per heavy atom. The molecule has 1 N–H and O–H groups in total. The molecule has 0 saturated carbocycles. The van der Waals surface area contributed by atoms with Crippen LogP contribution in [0.25, 0.3) is 23.1 Å². The van der Waals surface area contributed by atoms with Crippen molar-refractivity contribution in [3.8, 4) is 0 Å². The smallest absolute Gasteiger partial charge is 0.416 e. The number of carboxylic acid groups (broad SMARTS) is 1. The number of carboxylic acids is 1. The largest absolute Gasteiger partial charge is 0.477 e. The van der Waals surface area contributed by atoms with Crippen LogP contribution in [0.2, 0.25) is 0 Å². The normalized spacial score (nSPS) is 12.0. The molecule has 0 atom stereocenters. The van der Waals surface area contributed by atoms with Gasteiger partial charge in [0.1, 0.15) is 5.69 Å². The number of alkyl halides is 3. The Balaban J connectivity index is 1.85. The summed E-state index contributed by atoms with van der Waals surface area (Å²) in [5, 5.41) is 10.7. The molecular weight excluding hydrogens is 403 g/mol. The quantitative estimate of drug-likeness (QED) is 0.396. The van der Waals surface area contributed by atoms with E-state index < -0.39 is 17.7 Å². The fraction of sp³-hybridized carbons (Fsp3) is 0.0800. The first kappa shape index (κ1) is 20.5. The fourth-order valence-electron chi connectivity index (χ4n) is 3.67. The molecule has 31 heavy (non-hydrogen) atoms. The van der Waals surface area contributed by atoms with Crippen molar-refractivity contribution < 1.29 is 23.1 Å². The summed E-state index contributed by atoms with van der Waals surface area (Å²) in [6, 6.07) is 21.6. The Kier molecular flexibility index (Phi) is 5.38. The van der Waals surface area contributed by atoms with Crippen molar-refractivity contribution in [3.63, 3.8) is 0 Å². The van der Waals surface area contributed by atoms with E-state index >= 15 is 0 Å². The third-order valence-electron chi connectivity index (χ3n) is 5.05. The van der Waals surface area contributed by atoms with Gasteiger partial charge in [0, 0.05) is 23.0 Å². The van der Waals surface area contributed by atoms with Gasteiger partial charge < -0.3 is 9.67 Å². The van der Waals surface area contributed by atoms with Crippen LogP contribution in [-0.4, -0.2) is 15.6 Å². The van der Waals surface area contributed by atoms with Gasteiger partial charge in [-0.15, -0.1) is 0 Å². The van der Waals surface area contributed by atoms with Crippen molar-refractivity contribution in [3.05, 3.63) is 107 Å². The SMILES string of the molecule is O=C(O)c1c(C=Cc2ccccc2)c2ccccc2n1Cc1cccc(C(F)(F)F)c1. The summed E-state index contributed by atoms with van der Waals surface area (Å²) >= 11 is 0. The lowest BCUT2D eigenvalue weighted by Crippen LogP contribution is -2.12. The van der Waals surface area contributed by atoms with Crippen LogP contribution in [0, 0.1) is 0 Å². The Morgan fingerprint density at radius 1 is 0.903 bits per heavy atom. The zero-order valence-electron chi connectivity index (χ0n) is 16.3. The van der Waals surface area contributed by atoms with Crippen molar-refractivity contribution in [2.45, 2.75) is 12.7 Å². The van der Waals surface area contributed by atoms with Crippen LogP contribution in [0.3, 0.4) is 0 Å². The summed E-state index contributed by atoms with van der Waals surface area (Å²) in [4.78, 5) is 12.2. The van der Waals surface area contributed by atoms with Gasteiger partial charge in [-0.2, -0.15) is 13.2 Å². The highest BCUT2D eigenvalue weighted by Crippen LogP contribution is 2.32. The standard InChI is InChI=1S/C25H18F3NO2/c26-25(27,28)19-10-6-9-18(15-19)16-29-22-12-5-4-11-20(22)21(23(29)24(30)31)14-13-17-7-2-1-3-8-17/h1-15H,16H2,(H,30,31). The molecule has 4 aromatic rings. The van der Waals surface area contributed by atoms with Gasteiger partial charge in [0.15, 0.2) is 0 Å². The number of aromatic nitrogens is 1. The third-order valence-corrected chi connectivity index (χ3v) is 5.05. The molecule has 0 aliphatic heterocycles. The second-order valence-electron chi connectivity index (χ2n) is 7.11. The minimum Gasteiger partial charge on any atom is -0.477 e. The molecule has 1 heterocycles. The molecule has 0 unspecified atom stereocenters. The summed E-state index contributed by atoms with van der Waals surface area (Å²) in [7, 11) is 0. The minimum absolute atomic E-state index is 0.00520. The Morgan fingerprint density at radius 3 is 2.32 bits per heavy atom. The first-order chi connectivity index (χ1) is 14.8. The van der Waals surface area contributed by atoms with Gasteiger partial charge in [-0.3, -0.25) is 0 Å². The highest BCUT2D eigenvalue weighted by atomic mass is 19.4. The van der Waals surface area contributed by atoms with E-state index in [-0.39, 0.29) is 12.2 Å². The molecule has 4 rings (SSSR count). The highest BCUT2D eigenvalue weighted by Gasteiger charge is 2.30. The van der Waals surface area contributed by atoms with E-state index in [1.165, 1.54) is 6.07 Å². The highest BCUT2D eigenvalue weighted by molar-refractivity contribution is 6.04. The predicted molar refractivity (Wildman–Crippen MR) is 115 cm³/mol. The first-order valence-corrected chi connectivity index (χ1v) is 9.58. The molecule has 0 radical (unpaired) electrons. The Bertz CT molecular complexity index is 1270. The molecular formula is C25H18F3NO2. The maximum atomic E-state index is 13.1. The van der Waals surface area contributed by atoms with Crippen LogP contribution < -0.4 is 0 Å². The van der Waals surface area contributed by atoms with E-state index in [4.69, 9.17) is 0 Å². The van der Waals surface area contributed by atoms with Gasteiger partial charge in [-0.05, 0) is 29.3 Å². The number of hydrogen-bond donors (Lipinski definition) is 1.